The number of aromatic nitrogens is 3. The van der Waals surface area contributed by atoms with Gasteiger partial charge >= 0.3 is 13.9 Å². The van der Waals surface area contributed by atoms with Crippen LogP contribution in [0.3, 0.4) is 0 Å². The fraction of sp³-hybridized carbons (Fsp3) is 0.412. The quantitative estimate of drug-likeness (QED) is 0.143. The molecule has 1 amide bonds. The lowest BCUT2D eigenvalue weighted by Gasteiger charge is -2.21. The molecule has 0 spiro atoms. The minimum atomic E-state index is -3.55. The molecule has 0 saturated carbocycles. The predicted octanol–water partition coefficient (Wildman–Crippen LogP) is 2.75. The summed E-state index contributed by atoms with van der Waals surface area (Å²) in [5.41, 5.74) is 6.62. The van der Waals surface area contributed by atoms with Gasteiger partial charge in [0, 0.05) is 41.9 Å². The average molecular weight is 787 g/mol. The Morgan fingerprint density at radius 2 is 1.81 bits per heavy atom. The van der Waals surface area contributed by atoms with Gasteiger partial charge in [-0.3, -0.25) is 13.9 Å². The number of thiazole rings is 1. The molecule has 3 aliphatic rings. The average Bonchev–Trinajstić information content (AvgIpc) is 3.91. The number of hydrogen-bond donors (Lipinski definition) is 4. The molecular weight excluding hydrogens is 747 g/mol. The molecule has 0 bridgehead atoms. The summed E-state index contributed by atoms with van der Waals surface area (Å²) in [6.07, 6.45) is -1.94. The van der Waals surface area contributed by atoms with Crippen LogP contribution in [0.2, 0.25) is 0 Å². The molecule has 2 fully saturated rings. The zero-order chi connectivity index (χ0) is 37.9. The number of fused-ring (bicyclic) bond motifs is 1. The van der Waals surface area contributed by atoms with Crippen molar-refractivity contribution in [1.29, 1.82) is 0 Å². The standard InChI is InChI=1S/C34H39N6O12PS/c1-46-21-15-22(47-2)24(50-17-25-31(52-53(44)45)30(42)32(51-25)40-10-7-27(35)37-34(40)43)14-19(21)36-33-38-29(18-5-6-20-23(13-18)49-12-11-48-20)26(54-33)16-28(41)39-8-3-4-9-39/h5-7,10,13-15,25,30-32,42,53H,3-4,8-9,11-12,16-17H2,1-2H3,(H,36,38)(H,44,45)(H2,35,37,43)/t25-,30-,31-,32-/m1/s1. The Hall–Kier alpha value is -4.91. The van der Waals surface area contributed by atoms with Gasteiger partial charge in [-0.2, -0.15) is 4.98 Å². The van der Waals surface area contributed by atoms with Gasteiger partial charge < -0.3 is 58.9 Å². The third kappa shape index (κ3) is 7.96. The second-order valence-corrected chi connectivity index (χ2v) is 14.4. The number of nitrogens with zero attached hydrogens (tertiary/aromatic N) is 4. The van der Waals surface area contributed by atoms with Crippen LogP contribution in [0.1, 0.15) is 23.9 Å². The molecule has 0 radical (unpaired) electrons. The largest absolute Gasteiger partial charge is 0.494 e. The first-order chi connectivity index (χ1) is 26.1. The van der Waals surface area contributed by atoms with E-state index in [0.717, 1.165) is 40.9 Å². The number of carbonyl (C=O) groups excluding carboxylic acids is 1. The fourth-order valence-corrected chi connectivity index (χ4v) is 8.00. The normalized spacial score (nSPS) is 21.1. The molecule has 5 N–H and O–H groups in total. The van der Waals surface area contributed by atoms with Gasteiger partial charge in [0.2, 0.25) is 5.91 Å². The van der Waals surface area contributed by atoms with Gasteiger partial charge in [-0.15, -0.1) is 11.3 Å². The highest BCUT2D eigenvalue weighted by molar-refractivity contribution is 7.32. The number of aliphatic hydroxyl groups excluding tert-OH is 1. The Labute approximate surface area is 313 Å². The number of rotatable bonds is 13. The van der Waals surface area contributed by atoms with Crippen LogP contribution < -0.4 is 40.4 Å². The van der Waals surface area contributed by atoms with E-state index < -0.39 is 38.5 Å². The Morgan fingerprint density at radius 3 is 2.54 bits per heavy atom. The highest BCUT2D eigenvalue weighted by Crippen LogP contribution is 2.43. The third-order valence-corrected chi connectivity index (χ3v) is 10.5. The summed E-state index contributed by atoms with van der Waals surface area (Å²) < 4.78 is 52.7. The summed E-state index contributed by atoms with van der Waals surface area (Å²) in [5.74, 6) is 2.08. The van der Waals surface area contributed by atoms with Crippen molar-refractivity contribution >= 4 is 42.1 Å². The van der Waals surface area contributed by atoms with E-state index in [0.29, 0.717) is 47.0 Å². The maximum absolute atomic E-state index is 13.3. The molecule has 20 heteroatoms. The van der Waals surface area contributed by atoms with Crippen LogP contribution in [0.4, 0.5) is 16.6 Å². The first-order valence-corrected chi connectivity index (χ1v) is 19.1. The molecule has 5 heterocycles. The van der Waals surface area contributed by atoms with Crippen molar-refractivity contribution in [3.8, 4) is 40.0 Å². The SMILES string of the molecule is COc1cc(OC)c(OC[C@H]2O[C@@H](n3ccc(N)nc3=O)[C@H](O)[C@@H]2O[PH](=O)O)cc1Nc1nc(-c2ccc3c(c2)OCCO3)c(CC(=O)N2CCCC2)s1. The van der Waals surface area contributed by atoms with Gasteiger partial charge in [0.1, 0.15) is 49.7 Å². The highest BCUT2D eigenvalue weighted by Gasteiger charge is 2.47. The van der Waals surface area contributed by atoms with E-state index in [9.17, 15) is 24.2 Å². The zero-order valence-electron chi connectivity index (χ0n) is 29.3. The monoisotopic (exact) mass is 786 g/mol. The Kier molecular flexibility index (Phi) is 11.2. The summed E-state index contributed by atoms with van der Waals surface area (Å²) in [6, 6.07) is 10.1. The fourth-order valence-electron chi connectivity index (χ4n) is 6.49. The van der Waals surface area contributed by atoms with Crippen molar-refractivity contribution in [1.82, 2.24) is 19.4 Å². The Morgan fingerprint density at radius 1 is 1.06 bits per heavy atom. The Balaban J connectivity index is 1.16. The molecule has 7 rings (SSSR count). The molecule has 5 atom stereocenters. The number of anilines is 3. The molecule has 18 nitrogen and oxygen atoms in total. The van der Waals surface area contributed by atoms with Crippen molar-refractivity contribution in [3.63, 3.8) is 0 Å². The highest BCUT2D eigenvalue weighted by atomic mass is 32.1. The number of amides is 1. The second kappa shape index (κ2) is 16.2. The van der Waals surface area contributed by atoms with E-state index in [2.05, 4.69) is 10.3 Å². The minimum absolute atomic E-state index is 0.0203. The van der Waals surface area contributed by atoms with Crippen LogP contribution in [0.25, 0.3) is 11.3 Å². The van der Waals surface area contributed by atoms with Gasteiger partial charge in [0.15, 0.2) is 34.4 Å². The maximum Gasteiger partial charge on any atom is 0.351 e. The molecule has 54 heavy (non-hydrogen) atoms. The number of nitrogen functional groups attached to an aromatic ring is 1. The lowest BCUT2D eigenvalue weighted by Crippen LogP contribution is -2.37. The smallest absolute Gasteiger partial charge is 0.351 e. The van der Waals surface area contributed by atoms with E-state index in [1.54, 1.807) is 12.1 Å². The molecule has 1 unspecified atom stereocenters. The second-order valence-electron chi connectivity index (χ2n) is 12.5. The maximum atomic E-state index is 13.3. The molecule has 288 valence electrons. The van der Waals surface area contributed by atoms with Crippen LogP contribution in [-0.4, -0.2) is 101 Å². The third-order valence-electron chi connectivity index (χ3n) is 9.09. The number of methoxy groups -OCH3 is 2. The summed E-state index contributed by atoms with van der Waals surface area (Å²) >= 11 is 1.32. The van der Waals surface area contributed by atoms with Crippen LogP contribution in [0.15, 0.2) is 47.4 Å². The number of hydrogen-bond acceptors (Lipinski definition) is 16. The minimum Gasteiger partial charge on any atom is -0.494 e. The van der Waals surface area contributed by atoms with Gasteiger partial charge in [-0.05, 0) is 37.1 Å². The van der Waals surface area contributed by atoms with Gasteiger partial charge in [0.05, 0.1) is 32.0 Å². The van der Waals surface area contributed by atoms with E-state index >= 15 is 0 Å². The summed E-state index contributed by atoms with van der Waals surface area (Å²) in [7, 11) is -0.619. The predicted molar refractivity (Wildman–Crippen MR) is 195 cm³/mol. The lowest BCUT2D eigenvalue weighted by atomic mass is 10.1. The van der Waals surface area contributed by atoms with Crippen LogP contribution >= 0.6 is 19.6 Å². The van der Waals surface area contributed by atoms with E-state index in [4.69, 9.17) is 43.7 Å². The van der Waals surface area contributed by atoms with E-state index in [-0.39, 0.29) is 36.3 Å². The van der Waals surface area contributed by atoms with Crippen LogP contribution in [0.5, 0.6) is 28.7 Å². The van der Waals surface area contributed by atoms with Crippen molar-refractivity contribution in [2.45, 2.75) is 43.8 Å². The van der Waals surface area contributed by atoms with Crippen molar-refractivity contribution in [2.24, 2.45) is 0 Å². The molecule has 3 aliphatic heterocycles. The number of aliphatic hydroxyl groups is 1. The van der Waals surface area contributed by atoms with Gasteiger partial charge in [-0.1, -0.05) is 0 Å². The topological polar surface area (TPSA) is 228 Å². The number of benzene rings is 2. The summed E-state index contributed by atoms with van der Waals surface area (Å²) in [5, 5.41) is 14.8. The van der Waals surface area contributed by atoms with Crippen LogP contribution in [-0.2, 0) is 25.0 Å². The molecule has 2 aromatic heterocycles. The van der Waals surface area contributed by atoms with Gasteiger partial charge in [0.25, 0.3) is 0 Å². The van der Waals surface area contributed by atoms with Crippen molar-refractivity contribution in [3.05, 3.63) is 58.0 Å². The molecule has 2 aromatic carbocycles. The first kappa shape index (κ1) is 37.4. The number of carbonyl (C=O) groups is 1. The Bertz CT molecular complexity index is 2090. The first-order valence-electron chi connectivity index (χ1n) is 17.0. The summed E-state index contributed by atoms with van der Waals surface area (Å²) in [6.45, 7) is 2.02. The molecule has 4 aromatic rings. The zero-order valence-corrected chi connectivity index (χ0v) is 31.1. The van der Waals surface area contributed by atoms with E-state index in [1.165, 1.54) is 37.8 Å². The number of ether oxygens (including phenoxy) is 6. The molecule has 0 aliphatic carbocycles. The van der Waals surface area contributed by atoms with E-state index in [1.807, 2.05) is 23.1 Å². The van der Waals surface area contributed by atoms with Crippen molar-refractivity contribution < 1.29 is 52.3 Å². The van der Waals surface area contributed by atoms with Crippen molar-refractivity contribution in [2.75, 3.05) is 58.2 Å². The lowest BCUT2D eigenvalue weighted by molar-refractivity contribution is -0.129. The number of nitrogens with two attached hydrogens (primary N) is 1. The number of nitrogens with one attached hydrogen (secondary N) is 1. The molecule has 2 saturated heterocycles. The number of likely N-dealkylation sites (tertiary alicyclic amines) is 1. The van der Waals surface area contributed by atoms with Crippen LogP contribution in [0, 0.1) is 0 Å². The van der Waals surface area contributed by atoms with Gasteiger partial charge in [-0.25, -0.2) is 9.78 Å². The summed E-state index contributed by atoms with van der Waals surface area (Å²) in [4.78, 5) is 46.6. The molecular formula is C34H39N6O12PS.